The van der Waals surface area contributed by atoms with Crippen LogP contribution in [0.1, 0.15) is 80.3 Å². The lowest BCUT2D eigenvalue weighted by Gasteiger charge is -2.31. The summed E-state index contributed by atoms with van der Waals surface area (Å²) in [6.45, 7) is -0.872. The zero-order valence-corrected chi connectivity index (χ0v) is 74.2. The minimum atomic E-state index is -2.08. The second kappa shape index (κ2) is 50.1. The van der Waals surface area contributed by atoms with Gasteiger partial charge in [0.15, 0.2) is 5.96 Å². The number of ether oxygens (including phenoxy) is 1. The third-order valence-corrected chi connectivity index (χ3v) is 22.6. The van der Waals surface area contributed by atoms with Crippen LogP contribution in [0.2, 0.25) is 0 Å². The fraction of sp³-hybridized carbons (Fsp3) is 0.409. The van der Waals surface area contributed by atoms with Crippen LogP contribution in [0, 0.1) is 23.7 Å². The average molecular weight is 1870 g/mol. The molecule has 2 saturated heterocycles. The zero-order chi connectivity index (χ0) is 97.2. The number of nitrogens with zero attached hydrogens (tertiary/aromatic N) is 3. The van der Waals surface area contributed by atoms with Gasteiger partial charge in [0, 0.05) is 98.4 Å². The number of phenolic OH excluding ortho intramolecular Hbond substituents is 1. The maximum absolute atomic E-state index is 15.4. The Kier molecular flexibility index (Phi) is 38.3. The summed E-state index contributed by atoms with van der Waals surface area (Å²) in [6.07, 6.45) is 7.08. The predicted molar refractivity (Wildman–Crippen MR) is 483 cm³/mol. The average Bonchev–Trinajstić information content (AvgIpc) is 1.66. The van der Waals surface area contributed by atoms with Gasteiger partial charge in [0.1, 0.15) is 84.9 Å². The Morgan fingerprint density at radius 3 is 1.67 bits per heavy atom. The number of likely N-dealkylation sites (N-methyl/N-ethyl adjacent to an activating group) is 1. The van der Waals surface area contributed by atoms with Crippen LogP contribution in [0.4, 0.5) is 0 Å². The number of aliphatic carboxylic acids is 2. The summed E-state index contributed by atoms with van der Waals surface area (Å²) in [6, 6.07) is 6.97. The van der Waals surface area contributed by atoms with Gasteiger partial charge in [0.2, 0.25) is 94.5 Å². The quantitative estimate of drug-likeness (QED) is 0.0111. The van der Waals surface area contributed by atoms with Crippen molar-refractivity contribution >= 4 is 146 Å². The lowest BCUT2D eigenvalue weighted by Crippen LogP contribution is -2.61. The van der Waals surface area contributed by atoms with Crippen LogP contribution < -0.4 is 85.9 Å². The van der Waals surface area contributed by atoms with Gasteiger partial charge in [-0.1, -0.05) is 98.6 Å². The SMILES string of the molecule is C#CCOC[C@@H]1NC(=O)CN(C)C(=O)[C@H](C(C)C)NC(=O)[C@H](CC(=O)O)NC(=O)[C@@H]2CCCN2C(=O)[C@H](Cc2ccccc2)NC(=O)CSC[C@@H](C(=O)NCC(N)=O)NC(=O)[C@H](CC(=O)O)NC(=O)[C@H](Cc2c[nH]c3ccccc23)NC(=O)CNC(=O)[C@H](Cc2c[nH]c3ccccc23)NC(=O)[C@H](Cc2ccc(O)cc2)NC(=O)[C@H](CCCNC(=N)N)NC(=O)[C@H](Cc2c[nH]cn2)NC1=O. The first-order chi connectivity index (χ1) is 64.0. The van der Waals surface area contributed by atoms with Crippen molar-refractivity contribution in [1.29, 1.82) is 5.41 Å². The van der Waals surface area contributed by atoms with Crippen LogP contribution in [-0.2, 0) is 123 Å². The monoisotopic (exact) mass is 1870 g/mol. The zero-order valence-electron chi connectivity index (χ0n) is 73.4. The van der Waals surface area contributed by atoms with Crippen LogP contribution in [0.25, 0.3) is 21.8 Å². The molecule has 9 rings (SSSR count). The largest absolute Gasteiger partial charge is 0.508 e. The molecule has 46 heteroatoms. The second-order valence-corrected chi connectivity index (χ2v) is 33.2. The van der Waals surface area contributed by atoms with Crippen molar-refractivity contribution in [3.8, 4) is 18.1 Å². The molecular weight excluding hydrogens is 1760 g/mol. The molecular formula is C88H109N23O22S. The number of amides is 16. The van der Waals surface area contributed by atoms with Crippen LogP contribution >= 0.6 is 11.8 Å². The number of fused-ring (bicyclic) bond motifs is 3. The number of guanidine groups is 1. The molecule has 134 heavy (non-hydrogen) atoms. The number of imidazole rings is 1. The van der Waals surface area contributed by atoms with E-state index in [1.54, 1.807) is 85.1 Å². The van der Waals surface area contributed by atoms with E-state index in [0.717, 1.165) is 16.8 Å². The maximum atomic E-state index is 15.4. The first kappa shape index (κ1) is 102. The molecule has 25 N–H and O–H groups in total. The third kappa shape index (κ3) is 31.1. The van der Waals surface area contributed by atoms with Crippen LogP contribution in [0.3, 0.4) is 0 Å². The number of phenols is 1. The number of aromatic amines is 3. The summed E-state index contributed by atoms with van der Waals surface area (Å²) in [5.41, 5.74) is 14.0. The van der Waals surface area contributed by atoms with Gasteiger partial charge in [-0.05, 0) is 78.1 Å². The predicted octanol–water partition coefficient (Wildman–Crippen LogP) is -4.64. The number of thioether (sulfide) groups is 1. The molecule has 7 aromatic rings. The lowest BCUT2D eigenvalue weighted by atomic mass is 10.0. The molecule has 0 radical (unpaired) electrons. The molecule has 5 heterocycles. The topological polar surface area (TPSA) is 688 Å². The highest BCUT2D eigenvalue weighted by Crippen LogP contribution is 2.25. The van der Waals surface area contributed by atoms with Gasteiger partial charge in [-0.15, -0.1) is 18.2 Å². The standard InChI is InChI=1S/C88H109N23O22S/c1-5-29-133-43-66-84(129)105-62(34-52-39-92-46-98-52)81(126)102-58(21-13-27-93-88(90)91)78(123)103-59(30-49-23-25-53(112)26-24-49)79(124)104-60(32-50-37-94-56-19-11-9-17-54(50)56)76(121)97-41-70(114)99-61(33-51-38-95-57-20-12-10-18-55(51)57)80(125)106-63(35-73(117)118)82(127)108-67(77(122)96-40-69(89)113)44-134-45-72(116)100-65(31-48-15-7-6-8-16-48)86(131)111-28-14-22-68(111)85(130)107-64(36-74(119)120)83(128)109-75(47(2)3)87(132)110(4)42-71(115)101-66/h1,6-12,15-20,23-26,37-39,46-47,58-68,75,94-95,112H,13-14,21-22,27-36,40-45H2,2-4H3,(H2,89,113)(H,92,98)(H,96,122)(H,97,121)(H,99,114)(H,100,116)(H,101,115)(H,102,126)(H,103,123)(H,104,124)(H,105,129)(H,106,125)(H,107,130)(H,108,127)(H,109,128)(H,117,118)(H,119,120)(H4,90,91,93)/t58-,59-,60-,61-,62-,63-,64-,65-,66-,67-,68-,75-/m0/s1. The molecule has 0 saturated carbocycles. The van der Waals surface area contributed by atoms with Crippen molar-refractivity contribution in [2.75, 3.05) is 64.5 Å². The minimum absolute atomic E-state index is 0.0291. The van der Waals surface area contributed by atoms with E-state index in [4.69, 9.17) is 28.0 Å². The molecule has 2 aliphatic heterocycles. The molecule has 0 bridgehead atoms. The Morgan fingerprint density at radius 2 is 1.09 bits per heavy atom. The number of primary amides is 1. The maximum Gasteiger partial charge on any atom is 0.305 e. The number of rotatable bonds is 25. The Bertz CT molecular complexity index is 5450. The molecule has 45 nitrogen and oxygen atoms in total. The smallest absolute Gasteiger partial charge is 0.305 e. The van der Waals surface area contributed by atoms with E-state index in [-0.39, 0.29) is 63.1 Å². The number of carboxylic acid groups (broad SMARTS) is 2. The number of hydrogen-bond acceptors (Lipinski definition) is 23. The normalized spacial score (nSPS) is 22.4. The van der Waals surface area contributed by atoms with Crippen LogP contribution in [-0.4, -0.2) is 294 Å². The van der Waals surface area contributed by atoms with Crippen molar-refractivity contribution in [3.05, 3.63) is 156 Å². The van der Waals surface area contributed by atoms with Crippen molar-refractivity contribution in [3.63, 3.8) is 0 Å². The van der Waals surface area contributed by atoms with Crippen molar-refractivity contribution < 1.29 is 106 Å². The molecule has 12 atom stereocenters. The summed E-state index contributed by atoms with van der Waals surface area (Å²) >= 11 is 0.687. The van der Waals surface area contributed by atoms with E-state index in [1.165, 1.54) is 56.8 Å². The number of aromatic nitrogens is 4. The molecule has 16 amide bonds. The van der Waals surface area contributed by atoms with Crippen LogP contribution in [0.5, 0.6) is 5.75 Å². The third-order valence-electron chi connectivity index (χ3n) is 21.6. The number of para-hydroxylation sites is 2. The Hall–Kier alpha value is -15.4. The lowest BCUT2D eigenvalue weighted by molar-refractivity contribution is -0.144. The first-order valence-corrected chi connectivity index (χ1v) is 43.9. The summed E-state index contributed by atoms with van der Waals surface area (Å²) in [5, 5.41) is 75.1. The van der Waals surface area contributed by atoms with Gasteiger partial charge in [-0.2, -0.15) is 0 Å². The number of H-pyrrole nitrogens is 3. The van der Waals surface area contributed by atoms with Gasteiger partial charge in [-0.25, -0.2) is 4.98 Å². The Balaban J connectivity index is 1.08. The van der Waals surface area contributed by atoms with E-state index < -0.39 is 267 Å². The number of benzene rings is 4. The van der Waals surface area contributed by atoms with E-state index in [2.05, 4.69) is 100 Å². The fourth-order valence-corrected chi connectivity index (χ4v) is 15.7. The van der Waals surface area contributed by atoms with Gasteiger partial charge >= 0.3 is 11.9 Å². The molecule has 4 aromatic carbocycles. The summed E-state index contributed by atoms with van der Waals surface area (Å²) < 4.78 is 5.54. The molecule has 714 valence electrons. The van der Waals surface area contributed by atoms with Gasteiger partial charge < -0.3 is 131 Å². The molecule has 0 spiro atoms. The summed E-state index contributed by atoms with van der Waals surface area (Å²) in [7, 11) is 1.16. The van der Waals surface area contributed by atoms with Gasteiger partial charge in [0.05, 0.1) is 56.9 Å². The highest BCUT2D eigenvalue weighted by Gasteiger charge is 2.43. The number of carboxylic acids is 2. The van der Waals surface area contributed by atoms with Gasteiger partial charge in [-0.3, -0.25) is 91.7 Å². The minimum Gasteiger partial charge on any atom is -0.508 e. The van der Waals surface area contributed by atoms with E-state index in [0.29, 0.717) is 55.8 Å². The first-order valence-electron chi connectivity index (χ1n) is 42.7. The number of nitrogens with one attached hydrogen (secondary N) is 18. The molecule has 0 aliphatic carbocycles. The Morgan fingerprint density at radius 1 is 0.575 bits per heavy atom. The van der Waals surface area contributed by atoms with Crippen molar-refractivity contribution in [2.45, 2.75) is 157 Å². The number of terminal acetylenes is 1. The number of nitrogens with two attached hydrogens (primary N) is 2. The second-order valence-electron chi connectivity index (χ2n) is 32.2. The number of carbonyl (C=O) groups is 18. The van der Waals surface area contributed by atoms with Crippen molar-refractivity contribution in [1.82, 2.24) is 104 Å². The molecule has 2 fully saturated rings. The molecule has 3 aromatic heterocycles. The summed E-state index contributed by atoms with van der Waals surface area (Å²) in [4.78, 5) is 273. The van der Waals surface area contributed by atoms with Gasteiger partial charge in [0.25, 0.3) is 0 Å². The molecule has 2 aliphatic rings. The molecule has 0 unspecified atom stereocenters. The number of hydrogen-bond donors (Lipinski definition) is 23. The van der Waals surface area contributed by atoms with E-state index >= 15 is 19.2 Å². The number of aromatic hydroxyl groups is 1. The Labute approximate surface area is 771 Å². The fourth-order valence-electron chi connectivity index (χ4n) is 14.9. The van der Waals surface area contributed by atoms with Crippen molar-refractivity contribution in [2.24, 2.45) is 17.4 Å². The highest BCUT2D eigenvalue weighted by atomic mass is 32.2. The van der Waals surface area contributed by atoms with E-state index in [9.17, 15) is 82.4 Å². The summed E-state index contributed by atoms with van der Waals surface area (Å²) in [5.74, 6) is -20.6. The number of carbonyl (C=O) groups excluding carboxylic acids is 16. The van der Waals surface area contributed by atoms with E-state index in [1.807, 2.05) is 0 Å². The highest BCUT2D eigenvalue weighted by molar-refractivity contribution is 8.00. The van der Waals surface area contributed by atoms with Crippen LogP contribution in [0.15, 0.2) is 128 Å².